The number of esters is 2. The third-order valence-electron chi connectivity index (χ3n) is 4.05. The van der Waals surface area contributed by atoms with Gasteiger partial charge in [-0.15, -0.1) is 0 Å². The predicted molar refractivity (Wildman–Crippen MR) is 50.2 cm³/mol. The van der Waals surface area contributed by atoms with Crippen LogP contribution in [0.4, 0.5) is 0 Å². The molecule has 5 unspecified atom stereocenters. The van der Waals surface area contributed by atoms with Crippen molar-refractivity contribution in [3.05, 3.63) is 11.5 Å². The van der Waals surface area contributed by atoms with Crippen molar-refractivity contribution in [3.8, 4) is 0 Å². The number of hydrogen-bond acceptors (Lipinski definition) is 6. The molecule has 1 N–H and O–H groups in total. The summed E-state index contributed by atoms with van der Waals surface area (Å²) in [4.78, 5) is 22.9. The zero-order chi connectivity index (χ0) is 11.7. The third kappa shape index (κ3) is 1.13. The van der Waals surface area contributed by atoms with E-state index < -0.39 is 11.9 Å². The van der Waals surface area contributed by atoms with E-state index in [1.54, 1.807) is 0 Å². The zero-order valence-corrected chi connectivity index (χ0v) is 8.79. The van der Waals surface area contributed by atoms with Gasteiger partial charge in [-0.05, 0) is 6.42 Å². The summed E-state index contributed by atoms with van der Waals surface area (Å²) in [5.41, 5.74) is 0.666. The fraction of sp³-hybridized carbons (Fsp3) is 0.636. The number of ether oxygens (including phenoxy) is 3. The van der Waals surface area contributed by atoms with E-state index in [-0.39, 0.29) is 42.5 Å². The van der Waals surface area contributed by atoms with Crippen LogP contribution in [0.25, 0.3) is 0 Å². The number of carbonyl (C=O) groups is 2. The largest absolute Gasteiger partial charge is 0.481 e. The van der Waals surface area contributed by atoms with Gasteiger partial charge < -0.3 is 19.3 Å². The van der Waals surface area contributed by atoms with Gasteiger partial charge in [-0.25, -0.2) is 0 Å². The quantitative estimate of drug-likeness (QED) is 0.369. The van der Waals surface area contributed by atoms with Crippen LogP contribution in [0.15, 0.2) is 11.5 Å². The van der Waals surface area contributed by atoms with Crippen LogP contribution < -0.4 is 0 Å². The number of rotatable bonds is 0. The number of aliphatic hydroxyl groups is 1. The highest BCUT2D eigenvalue weighted by Gasteiger charge is 2.61. The highest BCUT2D eigenvalue weighted by Crippen LogP contribution is 2.55. The van der Waals surface area contributed by atoms with E-state index in [0.717, 1.165) is 0 Å². The van der Waals surface area contributed by atoms with Crippen molar-refractivity contribution < 1.29 is 28.9 Å². The maximum absolute atomic E-state index is 11.6. The Hall–Kier alpha value is -1.56. The second-order valence-corrected chi connectivity index (χ2v) is 4.90. The lowest BCUT2D eigenvalue weighted by Gasteiger charge is -2.24. The minimum Gasteiger partial charge on any atom is -0.481 e. The van der Waals surface area contributed by atoms with E-state index in [1.165, 1.54) is 0 Å². The Bertz CT molecular complexity index is 467. The molecule has 0 spiro atoms. The summed E-state index contributed by atoms with van der Waals surface area (Å²) >= 11 is 0. The van der Waals surface area contributed by atoms with Gasteiger partial charge in [-0.3, -0.25) is 9.59 Å². The van der Waals surface area contributed by atoms with Gasteiger partial charge in [0.2, 0.25) is 6.29 Å². The Labute approximate surface area is 96.1 Å². The number of hydrogen-bond donors (Lipinski definition) is 1. The van der Waals surface area contributed by atoms with E-state index in [1.807, 2.05) is 0 Å². The van der Waals surface area contributed by atoms with Gasteiger partial charge in [-0.1, -0.05) is 0 Å². The molecule has 90 valence electrons. The summed E-state index contributed by atoms with van der Waals surface area (Å²) in [5, 5.41) is 9.80. The van der Waals surface area contributed by atoms with Crippen molar-refractivity contribution in [1.82, 2.24) is 0 Å². The highest BCUT2D eigenvalue weighted by molar-refractivity contribution is 5.91. The molecule has 0 radical (unpaired) electrons. The fourth-order valence-corrected chi connectivity index (χ4v) is 3.27. The molecule has 0 amide bonds. The second kappa shape index (κ2) is 2.81. The van der Waals surface area contributed by atoms with Crippen LogP contribution in [-0.2, 0) is 23.8 Å². The van der Waals surface area contributed by atoms with Gasteiger partial charge in [0.15, 0.2) is 0 Å². The predicted octanol–water partition coefficient (Wildman–Crippen LogP) is 0.237. The smallest absolute Gasteiger partial charge is 0.317 e. The van der Waals surface area contributed by atoms with Crippen molar-refractivity contribution in [2.24, 2.45) is 17.8 Å². The molecule has 0 aromatic carbocycles. The first-order chi connectivity index (χ1) is 8.15. The molecule has 6 nitrogen and oxygen atoms in total. The molecule has 3 aliphatic heterocycles. The molecule has 4 aliphatic rings. The van der Waals surface area contributed by atoms with E-state index >= 15 is 0 Å². The molecule has 0 aromatic heterocycles. The minimum atomic E-state index is -0.531. The lowest BCUT2D eigenvalue weighted by Crippen LogP contribution is -2.33. The molecule has 1 saturated carbocycles. The van der Waals surface area contributed by atoms with E-state index in [9.17, 15) is 14.7 Å². The van der Waals surface area contributed by atoms with Gasteiger partial charge in [-0.2, -0.15) is 0 Å². The topological polar surface area (TPSA) is 85.4 Å². The van der Waals surface area contributed by atoms with E-state index in [0.29, 0.717) is 12.0 Å². The van der Waals surface area contributed by atoms with Crippen LogP contribution in [0.5, 0.6) is 0 Å². The zero-order valence-electron chi connectivity index (χ0n) is 8.79. The molecular weight excluding hydrogens is 228 g/mol. The molecule has 3 heterocycles. The van der Waals surface area contributed by atoms with Gasteiger partial charge in [0.1, 0.15) is 6.10 Å². The van der Waals surface area contributed by atoms with E-state index in [4.69, 9.17) is 9.47 Å². The van der Waals surface area contributed by atoms with Crippen molar-refractivity contribution >= 4 is 11.9 Å². The minimum absolute atomic E-state index is 0.0119. The van der Waals surface area contributed by atoms with Crippen molar-refractivity contribution in [2.75, 3.05) is 0 Å². The van der Waals surface area contributed by atoms with Crippen LogP contribution in [0.3, 0.4) is 0 Å². The first-order valence-corrected chi connectivity index (χ1v) is 5.65. The van der Waals surface area contributed by atoms with Crippen LogP contribution in [-0.4, -0.2) is 29.4 Å². The molecule has 0 bridgehead atoms. The maximum atomic E-state index is 11.6. The first-order valence-electron chi connectivity index (χ1n) is 5.65. The Morgan fingerprint density at radius 1 is 1.18 bits per heavy atom. The average molecular weight is 238 g/mol. The number of epoxide rings is 1. The molecule has 4 rings (SSSR count). The summed E-state index contributed by atoms with van der Waals surface area (Å²) in [5.74, 6) is -1.82. The summed E-state index contributed by atoms with van der Waals surface area (Å²) in [6.07, 6.45) is 0.248. The Balaban J connectivity index is 1.77. The summed E-state index contributed by atoms with van der Waals surface area (Å²) in [6, 6.07) is 0. The number of fused-ring (bicyclic) bond motifs is 5. The van der Waals surface area contributed by atoms with Crippen molar-refractivity contribution in [3.63, 3.8) is 0 Å². The van der Waals surface area contributed by atoms with Gasteiger partial charge >= 0.3 is 11.9 Å². The normalized spacial score (nSPS) is 46.7. The van der Waals surface area contributed by atoms with Gasteiger partial charge in [0.25, 0.3) is 5.95 Å². The highest BCUT2D eigenvalue weighted by atomic mass is 16.8. The molecule has 2 saturated heterocycles. The maximum Gasteiger partial charge on any atom is 0.317 e. The molecule has 1 aliphatic carbocycles. The fourth-order valence-electron chi connectivity index (χ4n) is 3.27. The molecule has 5 atom stereocenters. The summed E-state index contributed by atoms with van der Waals surface area (Å²) in [6.45, 7) is 0. The first kappa shape index (κ1) is 9.47. The van der Waals surface area contributed by atoms with Crippen LogP contribution in [0.1, 0.15) is 12.8 Å². The molecule has 17 heavy (non-hydrogen) atoms. The summed E-state index contributed by atoms with van der Waals surface area (Å²) in [7, 11) is 0. The number of aliphatic hydroxyl groups excluding tert-OH is 1. The average Bonchev–Trinajstić information content (AvgIpc) is 2.90. The molecule has 0 aromatic rings. The molecule has 6 heteroatoms. The Morgan fingerprint density at radius 3 is 2.82 bits per heavy atom. The lowest BCUT2D eigenvalue weighted by molar-refractivity contribution is -0.169. The van der Waals surface area contributed by atoms with Crippen LogP contribution >= 0.6 is 0 Å². The second-order valence-electron chi connectivity index (χ2n) is 4.90. The molecular formula is C11H10O6. The number of carbonyl (C=O) groups excluding carboxylic acids is 2. The standard InChI is InChI=1S/C11H10O6/c12-6-2-3-4(9(13)15-6)1-5-7(3)10(14)17-11-8(5)16-11/h3-5,8,11,14H,1-2H2. The van der Waals surface area contributed by atoms with Crippen molar-refractivity contribution in [2.45, 2.75) is 25.2 Å². The number of cyclic esters (lactones) is 2. The summed E-state index contributed by atoms with van der Waals surface area (Å²) < 4.78 is 15.0. The Kier molecular flexibility index (Phi) is 1.57. The monoisotopic (exact) mass is 238 g/mol. The lowest BCUT2D eigenvalue weighted by atomic mass is 9.87. The van der Waals surface area contributed by atoms with Crippen LogP contribution in [0, 0.1) is 17.8 Å². The van der Waals surface area contributed by atoms with E-state index in [2.05, 4.69) is 4.74 Å². The van der Waals surface area contributed by atoms with Gasteiger partial charge in [0, 0.05) is 17.4 Å². The Morgan fingerprint density at radius 2 is 2.00 bits per heavy atom. The molecule has 3 fully saturated rings. The van der Waals surface area contributed by atoms with Crippen LogP contribution in [0.2, 0.25) is 0 Å². The van der Waals surface area contributed by atoms with Crippen molar-refractivity contribution in [1.29, 1.82) is 0 Å². The SMILES string of the molecule is O=C1CC2C3=C(O)OC4OC4C3CC2C(=O)O1. The van der Waals surface area contributed by atoms with Gasteiger partial charge in [0.05, 0.1) is 12.3 Å². The third-order valence-corrected chi connectivity index (χ3v) is 4.05.